The number of piperidine rings is 1. The van der Waals surface area contributed by atoms with Crippen LogP contribution in [0.1, 0.15) is 47.8 Å². The Hall–Kier alpha value is -3.89. The number of nitrogens with one attached hydrogen (secondary N) is 1. The molecule has 10 heteroatoms. The summed E-state index contributed by atoms with van der Waals surface area (Å²) in [7, 11) is 0. The van der Waals surface area contributed by atoms with Gasteiger partial charge in [0, 0.05) is 63.1 Å². The Kier molecular flexibility index (Phi) is 8.75. The minimum Gasteiger partial charge on any atom is -0.391 e. The van der Waals surface area contributed by atoms with E-state index in [9.17, 15) is 9.59 Å². The number of ether oxygens (including phenoxy) is 1. The zero-order valence-corrected chi connectivity index (χ0v) is 22.3. The van der Waals surface area contributed by atoms with E-state index in [1.165, 1.54) is 31.0 Å². The number of anilines is 1. The van der Waals surface area contributed by atoms with Crippen LogP contribution in [-0.4, -0.2) is 80.4 Å². The fourth-order valence-electron chi connectivity index (χ4n) is 4.99. The van der Waals surface area contributed by atoms with Gasteiger partial charge < -0.3 is 15.0 Å². The molecule has 2 aliphatic heterocycles. The molecule has 1 aromatic carbocycles. The van der Waals surface area contributed by atoms with Gasteiger partial charge in [0.25, 0.3) is 5.91 Å². The first-order chi connectivity index (χ1) is 19.0. The van der Waals surface area contributed by atoms with Gasteiger partial charge in [0.15, 0.2) is 0 Å². The maximum atomic E-state index is 12.7. The first-order valence-electron chi connectivity index (χ1n) is 13.6. The van der Waals surface area contributed by atoms with Gasteiger partial charge in [0.2, 0.25) is 5.88 Å². The summed E-state index contributed by atoms with van der Waals surface area (Å²) in [5, 5.41) is 2.86. The largest absolute Gasteiger partial charge is 0.416 e. The lowest BCUT2D eigenvalue weighted by atomic mass is 10.0. The summed E-state index contributed by atoms with van der Waals surface area (Å²) in [6.45, 7) is 7.64. The number of nitrogens with zero attached hydrogens (tertiary/aromatic N) is 6. The number of rotatable bonds is 7. The fraction of sp³-hybridized carbons (Fsp3) is 0.414. The molecule has 0 saturated carbocycles. The normalized spacial score (nSPS) is 18.5. The molecule has 5 rings (SSSR count). The second kappa shape index (κ2) is 12.8. The highest BCUT2D eigenvalue weighted by Crippen LogP contribution is 2.20. The Morgan fingerprint density at radius 2 is 1.77 bits per heavy atom. The fourth-order valence-corrected chi connectivity index (χ4v) is 4.99. The van der Waals surface area contributed by atoms with E-state index in [1.807, 2.05) is 30.3 Å². The molecular weight excluding hydrogens is 494 g/mol. The zero-order chi connectivity index (χ0) is 27.0. The molecule has 2 aliphatic rings. The summed E-state index contributed by atoms with van der Waals surface area (Å²) in [5.74, 6) is -0.0167. The predicted octanol–water partition coefficient (Wildman–Crippen LogP) is 3.81. The molecule has 2 saturated heterocycles. The summed E-state index contributed by atoms with van der Waals surface area (Å²) in [5.41, 5.74) is 3.28. The summed E-state index contributed by atoms with van der Waals surface area (Å²) in [6, 6.07) is 13.5. The third-order valence-corrected chi connectivity index (χ3v) is 7.39. The van der Waals surface area contributed by atoms with E-state index in [4.69, 9.17) is 4.74 Å². The molecule has 0 spiro atoms. The highest BCUT2D eigenvalue weighted by Gasteiger charge is 2.23. The standard InChI is InChI=1S/C29H35N7O3/c1-22-4-2-3-13-36(22)19-23-5-7-24(8-6-23)28(37)33-25-9-10-27(31-18-25)39-29(38)35-16-14-34(15-17-35)20-26-11-12-30-21-32-26/h5-12,18,21-22H,2-4,13-17,19-20H2,1H3,(H,33,37). The molecule has 1 unspecified atom stereocenters. The Morgan fingerprint density at radius 3 is 2.46 bits per heavy atom. The Balaban J connectivity index is 1.07. The highest BCUT2D eigenvalue weighted by atomic mass is 16.6. The highest BCUT2D eigenvalue weighted by molar-refractivity contribution is 6.04. The molecular formula is C29H35N7O3. The Morgan fingerprint density at radius 1 is 0.949 bits per heavy atom. The first-order valence-corrected chi connectivity index (χ1v) is 13.6. The average molecular weight is 530 g/mol. The van der Waals surface area contributed by atoms with E-state index in [2.05, 4.69) is 37.0 Å². The SMILES string of the molecule is CC1CCCCN1Cc1ccc(C(=O)Nc2ccc(OC(=O)N3CCN(Cc4ccncn4)CC3)nc2)cc1. The van der Waals surface area contributed by atoms with E-state index in [1.54, 1.807) is 29.6 Å². The number of amides is 2. The molecule has 1 N–H and O–H groups in total. The van der Waals surface area contributed by atoms with Gasteiger partial charge in [-0.15, -0.1) is 0 Å². The van der Waals surface area contributed by atoms with E-state index < -0.39 is 6.09 Å². The molecule has 2 amide bonds. The van der Waals surface area contributed by atoms with Gasteiger partial charge >= 0.3 is 6.09 Å². The number of hydrogen-bond acceptors (Lipinski definition) is 8. The van der Waals surface area contributed by atoms with E-state index in [0.29, 0.717) is 30.4 Å². The number of carbonyl (C=O) groups excluding carboxylic acids is 2. The Labute approximate surface area is 229 Å². The van der Waals surface area contributed by atoms with Crippen LogP contribution in [0.15, 0.2) is 61.2 Å². The predicted molar refractivity (Wildman–Crippen MR) is 147 cm³/mol. The number of aromatic nitrogens is 3. The van der Waals surface area contributed by atoms with Crippen molar-refractivity contribution in [3.8, 4) is 5.88 Å². The van der Waals surface area contributed by atoms with Crippen LogP contribution in [-0.2, 0) is 13.1 Å². The minimum atomic E-state index is -0.431. The lowest BCUT2D eigenvalue weighted by molar-refractivity contribution is 0.102. The molecule has 2 fully saturated rings. The van der Waals surface area contributed by atoms with Gasteiger partial charge in [-0.05, 0) is 56.1 Å². The number of hydrogen-bond donors (Lipinski definition) is 1. The molecule has 0 aliphatic carbocycles. The van der Waals surface area contributed by atoms with Crippen LogP contribution < -0.4 is 10.1 Å². The lowest BCUT2D eigenvalue weighted by Gasteiger charge is -2.33. The molecule has 1 atom stereocenters. The van der Waals surface area contributed by atoms with Crippen molar-refractivity contribution < 1.29 is 14.3 Å². The monoisotopic (exact) mass is 529 g/mol. The van der Waals surface area contributed by atoms with Crippen LogP contribution in [0.2, 0.25) is 0 Å². The van der Waals surface area contributed by atoms with Crippen molar-refractivity contribution in [2.24, 2.45) is 0 Å². The van der Waals surface area contributed by atoms with Gasteiger partial charge in [-0.1, -0.05) is 18.6 Å². The average Bonchev–Trinajstić information content (AvgIpc) is 2.96. The third kappa shape index (κ3) is 7.36. The van der Waals surface area contributed by atoms with Gasteiger partial charge in [-0.3, -0.25) is 14.6 Å². The third-order valence-electron chi connectivity index (χ3n) is 7.39. The van der Waals surface area contributed by atoms with Gasteiger partial charge in [0.05, 0.1) is 17.6 Å². The first kappa shape index (κ1) is 26.7. The number of carbonyl (C=O) groups is 2. The van der Waals surface area contributed by atoms with Crippen molar-refractivity contribution in [2.45, 2.75) is 45.3 Å². The maximum absolute atomic E-state index is 12.7. The quantitative estimate of drug-likeness (QED) is 0.493. The second-order valence-corrected chi connectivity index (χ2v) is 10.2. The number of pyridine rings is 1. The van der Waals surface area contributed by atoms with Crippen molar-refractivity contribution in [3.05, 3.63) is 78.0 Å². The molecule has 10 nitrogen and oxygen atoms in total. The van der Waals surface area contributed by atoms with Crippen LogP contribution in [0.3, 0.4) is 0 Å². The number of piperazine rings is 1. The van der Waals surface area contributed by atoms with E-state index in [0.717, 1.165) is 38.4 Å². The van der Waals surface area contributed by atoms with E-state index in [-0.39, 0.29) is 11.8 Å². The smallest absolute Gasteiger partial charge is 0.391 e. The van der Waals surface area contributed by atoms with Crippen LogP contribution in [0.4, 0.5) is 10.5 Å². The minimum absolute atomic E-state index is 0.192. The molecule has 4 heterocycles. The lowest BCUT2D eigenvalue weighted by Crippen LogP contribution is -2.49. The number of benzene rings is 1. The molecule has 39 heavy (non-hydrogen) atoms. The Bertz CT molecular complexity index is 1230. The molecule has 2 aromatic heterocycles. The summed E-state index contributed by atoms with van der Waals surface area (Å²) < 4.78 is 5.46. The topological polar surface area (TPSA) is 104 Å². The van der Waals surface area contributed by atoms with Crippen LogP contribution in [0.5, 0.6) is 5.88 Å². The summed E-state index contributed by atoms with van der Waals surface area (Å²) in [6.07, 6.45) is 8.13. The second-order valence-electron chi connectivity index (χ2n) is 10.2. The molecule has 0 bridgehead atoms. The molecule has 204 valence electrons. The van der Waals surface area contributed by atoms with Crippen molar-refractivity contribution in [3.63, 3.8) is 0 Å². The number of likely N-dealkylation sites (tertiary alicyclic amines) is 1. The van der Waals surface area contributed by atoms with Crippen LogP contribution in [0.25, 0.3) is 0 Å². The molecule has 3 aromatic rings. The summed E-state index contributed by atoms with van der Waals surface area (Å²) in [4.78, 5) is 44.1. The van der Waals surface area contributed by atoms with E-state index >= 15 is 0 Å². The van der Waals surface area contributed by atoms with Crippen molar-refractivity contribution in [1.82, 2.24) is 29.7 Å². The van der Waals surface area contributed by atoms with Gasteiger partial charge in [0.1, 0.15) is 6.33 Å². The van der Waals surface area contributed by atoms with Crippen molar-refractivity contribution in [2.75, 3.05) is 38.0 Å². The maximum Gasteiger partial charge on any atom is 0.416 e. The van der Waals surface area contributed by atoms with Gasteiger partial charge in [-0.25, -0.2) is 19.7 Å². The summed E-state index contributed by atoms with van der Waals surface area (Å²) >= 11 is 0. The van der Waals surface area contributed by atoms with Gasteiger partial charge in [-0.2, -0.15) is 0 Å². The zero-order valence-electron chi connectivity index (χ0n) is 22.3. The van der Waals surface area contributed by atoms with Crippen LogP contribution in [0, 0.1) is 0 Å². The van der Waals surface area contributed by atoms with Crippen LogP contribution >= 0.6 is 0 Å². The van der Waals surface area contributed by atoms with Crippen molar-refractivity contribution >= 4 is 17.7 Å². The van der Waals surface area contributed by atoms with Crippen molar-refractivity contribution in [1.29, 1.82) is 0 Å². The molecule has 0 radical (unpaired) electrons.